The third-order valence-corrected chi connectivity index (χ3v) is 3.39. The summed E-state index contributed by atoms with van der Waals surface area (Å²) in [6, 6.07) is 16.1. The van der Waals surface area contributed by atoms with Crippen LogP contribution in [0.1, 0.15) is 22.7 Å². The molecule has 20 heavy (non-hydrogen) atoms. The fourth-order valence-corrected chi connectivity index (χ4v) is 2.14. The first-order chi connectivity index (χ1) is 9.74. The highest BCUT2D eigenvalue weighted by Gasteiger charge is 2.09. The molecule has 0 radical (unpaired) electrons. The van der Waals surface area contributed by atoms with E-state index in [-0.39, 0.29) is 6.04 Å². The Balaban J connectivity index is 2.13. The van der Waals surface area contributed by atoms with Crippen molar-refractivity contribution in [3.63, 3.8) is 0 Å². The van der Waals surface area contributed by atoms with Crippen molar-refractivity contribution >= 4 is 0 Å². The molecule has 0 bridgehead atoms. The summed E-state index contributed by atoms with van der Waals surface area (Å²) in [5.41, 5.74) is 9.71. The molecule has 3 nitrogen and oxygen atoms in total. The van der Waals surface area contributed by atoms with Gasteiger partial charge in [-0.3, -0.25) is 0 Å². The van der Waals surface area contributed by atoms with E-state index in [9.17, 15) is 0 Å². The van der Waals surface area contributed by atoms with Crippen molar-refractivity contribution in [2.45, 2.75) is 12.5 Å². The standard InChI is InChI=1S/C17H21NO2/c1-19-11-10-13-6-8-14(9-7-13)17(18)15-4-3-5-16(12-15)20-2/h3-9,12,17H,10-11,18H2,1-2H3. The Labute approximate surface area is 120 Å². The second kappa shape index (κ2) is 7.08. The van der Waals surface area contributed by atoms with Gasteiger partial charge in [-0.15, -0.1) is 0 Å². The van der Waals surface area contributed by atoms with Gasteiger partial charge in [0.05, 0.1) is 19.8 Å². The molecule has 3 heteroatoms. The molecule has 0 fully saturated rings. The summed E-state index contributed by atoms with van der Waals surface area (Å²) in [4.78, 5) is 0. The molecule has 0 amide bonds. The summed E-state index contributed by atoms with van der Waals surface area (Å²) >= 11 is 0. The molecule has 0 aromatic heterocycles. The lowest BCUT2D eigenvalue weighted by Crippen LogP contribution is -2.12. The fourth-order valence-electron chi connectivity index (χ4n) is 2.14. The van der Waals surface area contributed by atoms with Crippen LogP contribution < -0.4 is 10.5 Å². The van der Waals surface area contributed by atoms with Gasteiger partial charge in [0.2, 0.25) is 0 Å². The van der Waals surface area contributed by atoms with Gasteiger partial charge in [-0.05, 0) is 35.2 Å². The minimum absolute atomic E-state index is 0.137. The Hall–Kier alpha value is -1.84. The lowest BCUT2D eigenvalue weighted by Gasteiger charge is -2.14. The van der Waals surface area contributed by atoms with Gasteiger partial charge in [-0.1, -0.05) is 36.4 Å². The Bertz CT molecular complexity index is 537. The summed E-state index contributed by atoms with van der Waals surface area (Å²) in [6.45, 7) is 0.737. The van der Waals surface area contributed by atoms with Crippen LogP contribution in [0, 0.1) is 0 Å². The zero-order valence-electron chi connectivity index (χ0n) is 12.0. The van der Waals surface area contributed by atoms with Crippen molar-refractivity contribution < 1.29 is 9.47 Å². The van der Waals surface area contributed by atoms with Gasteiger partial charge in [-0.25, -0.2) is 0 Å². The normalized spacial score (nSPS) is 12.2. The number of nitrogens with two attached hydrogens (primary N) is 1. The van der Waals surface area contributed by atoms with Gasteiger partial charge in [0, 0.05) is 7.11 Å². The minimum Gasteiger partial charge on any atom is -0.497 e. The second-order valence-electron chi connectivity index (χ2n) is 4.74. The molecule has 0 heterocycles. The topological polar surface area (TPSA) is 44.5 Å². The quantitative estimate of drug-likeness (QED) is 0.878. The predicted molar refractivity (Wildman–Crippen MR) is 81.0 cm³/mol. The van der Waals surface area contributed by atoms with Crippen molar-refractivity contribution in [1.82, 2.24) is 0 Å². The SMILES string of the molecule is COCCc1ccc(C(N)c2cccc(OC)c2)cc1. The van der Waals surface area contributed by atoms with Gasteiger partial charge < -0.3 is 15.2 Å². The third kappa shape index (κ3) is 3.59. The van der Waals surface area contributed by atoms with Crippen LogP contribution in [0.15, 0.2) is 48.5 Å². The summed E-state index contributed by atoms with van der Waals surface area (Å²) in [7, 11) is 3.38. The number of benzene rings is 2. The molecule has 0 spiro atoms. The van der Waals surface area contributed by atoms with Crippen LogP contribution in [-0.4, -0.2) is 20.8 Å². The summed E-state index contributed by atoms with van der Waals surface area (Å²) in [6.07, 6.45) is 0.922. The van der Waals surface area contributed by atoms with Crippen molar-refractivity contribution in [1.29, 1.82) is 0 Å². The third-order valence-electron chi connectivity index (χ3n) is 3.39. The van der Waals surface area contributed by atoms with Gasteiger partial charge in [0.15, 0.2) is 0 Å². The lowest BCUT2D eigenvalue weighted by atomic mass is 9.98. The molecule has 2 N–H and O–H groups in total. The maximum Gasteiger partial charge on any atom is 0.119 e. The molecule has 2 aromatic rings. The molecular weight excluding hydrogens is 250 g/mol. The maximum atomic E-state index is 6.31. The van der Waals surface area contributed by atoms with E-state index in [4.69, 9.17) is 15.2 Å². The molecule has 2 rings (SSSR count). The van der Waals surface area contributed by atoms with E-state index in [0.29, 0.717) is 0 Å². The van der Waals surface area contributed by atoms with Gasteiger partial charge in [0.1, 0.15) is 5.75 Å². The van der Waals surface area contributed by atoms with Crippen molar-refractivity contribution in [3.8, 4) is 5.75 Å². The van der Waals surface area contributed by atoms with Crippen LogP contribution in [0.5, 0.6) is 5.75 Å². The number of rotatable bonds is 6. The Morgan fingerprint density at radius 1 is 1.00 bits per heavy atom. The van der Waals surface area contributed by atoms with E-state index in [1.165, 1.54) is 5.56 Å². The Morgan fingerprint density at radius 2 is 1.75 bits per heavy atom. The average Bonchev–Trinajstić information content (AvgIpc) is 2.52. The smallest absolute Gasteiger partial charge is 0.119 e. The van der Waals surface area contributed by atoms with E-state index < -0.39 is 0 Å². The monoisotopic (exact) mass is 271 g/mol. The molecule has 106 valence electrons. The number of ether oxygens (including phenoxy) is 2. The van der Waals surface area contributed by atoms with Crippen LogP contribution in [0.2, 0.25) is 0 Å². The van der Waals surface area contributed by atoms with Crippen molar-refractivity contribution in [2.75, 3.05) is 20.8 Å². The van der Waals surface area contributed by atoms with Crippen LogP contribution in [0.4, 0.5) is 0 Å². The largest absolute Gasteiger partial charge is 0.497 e. The van der Waals surface area contributed by atoms with Crippen molar-refractivity contribution in [3.05, 3.63) is 65.2 Å². The Morgan fingerprint density at radius 3 is 2.40 bits per heavy atom. The van der Waals surface area contributed by atoms with Gasteiger partial charge >= 0.3 is 0 Å². The van der Waals surface area contributed by atoms with Crippen molar-refractivity contribution in [2.24, 2.45) is 5.73 Å². The zero-order valence-corrected chi connectivity index (χ0v) is 12.0. The molecule has 2 aromatic carbocycles. The van der Waals surface area contributed by atoms with Crippen LogP contribution in [-0.2, 0) is 11.2 Å². The number of hydrogen-bond acceptors (Lipinski definition) is 3. The lowest BCUT2D eigenvalue weighted by molar-refractivity contribution is 0.202. The summed E-state index contributed by atoms with van der Waals surface area (Å²) in [5.74, 6) is 0.828. The number of hydrogen-bond donors (Lipinski definition) is 1. The second-order valence-corrected chi connectivity index (χ2v) is 4.74. The molecule has 0 aliphatic heterocycles. The van der Waals surface area contributed by atoms with Gasteiger partial charge in [-0.2, -0.15) is 0 Å². The van der Waals surface area contributed by atoms with E-state index >= 15 is 0 Å². The first kappa shape index (κ1) is 14.6. The highest BCUT2D eigenvalue weighted by molar-refractivity contribution is 5.37. The first-order valence-electron chi connectivity index (χ1n) is 6.72. The first-order valence-corrected chi connectivity index (χ1v) is 6.72. The summed E-state index contributed by atoms with van der Waals surface area (Å²) in [5, 5.41) is 0. The van der Waals surface area contributed by atoms with E-state index in [2.05, 4.69) is 24.3 Å². The molecular formula is C17H21NO2. The predicted octanol–water partition coefficient (Wildman–Crippen LogP) is 2.93. The van der Waals surface area contributed by atoms with E-state index in [1.54, 1.807) is 14.2 Å². The van der Waals surface area contributed by atoms with Crippen LogP contribution >= 0.6 is 0 Å². The molecule has 1 atom stereocenters. The number of methoxy groups -OCH3 is 2. The highest BCUT2D eigenvalue weighted by atomic mass is 16.5. The van der Waals surface area contributed by atoms with E-state index in [1.807, 2.05) is 24.3 Å². The van der Waals surface area contributed by atoms with E-state index in [0.717, 1.165) is 29.9 Å². The summed E-state index contributed by atoms with van der Waals surface area (Å²) < 4.78 is 10.3. The Kier molecular flexibility index (Phi) is 5.16. The van der Waals surface area contributed by atoms with Gasteiger partial charge in [0.25, 0.3) is 0 Å². The molecule has 1 unspecified atom stereocenters. The molecule has 0 aliphatic carbocycles. The average molecular weight is 271 g/mol. The maximum absolute atomic E-state index is 6.31. The molecule has 0 saturated carbocycles. The fraction of sp³-hybridized carbons (Fsp3) is 0.294. The molecule has 0 aliphatic rings. The highest BCUT2D eigenvalue weighted by Crippen LogP contribution is 2.23. The zero-order chi connectivity index (χ0) is 14.4. The molecule has 0 saturated heterocycles. The van der Waals surface area contributed by atoms with Crippen LogP contribution in [0.3, 0.4) is 0 Å². The van der Waals surface area contributed by atoms with Crippen LogP contribution in [0.25, 0.3) is 0 Å². The minimum atomic E-state index is -0.137.